The number of ether oxygens (including phenoxy) is 1. The van der Waals surface area contributed by atoms with Crippen molar-refractivity contribution in [2.75, 3.05) is 30.2 Å². The van der Waals surface area contributed by atoms with Gasteiger partial charge in [-0.3, -0.25) is 4.72 Å². The monoisotopic (exact) mass is 258 g/mol. The Morgan fingerprint density at radius 2 is 2.12 bits per heavy atom. The zero-order chi connectivity index (χ0) is 12.7. The lowest BCUT2D eigenvalue weighted by Crippen LogP contribution is -2.21. The van der Waals surface area contributed by atoms with Crippen LogP contribution in [0.2, 0.25) is 0 Å². The normalized spacial score (nSPS) is 11.4. The molecular formula is C11H18N2O3S. The van der Waals surface area contributed by atoms with Crippen LogP contribution < -0.4 is 10.5 Å². The molecular weight excluding hydrogens is 240 g/mol. The Kier molecular flexibility index (Phi) is 5.40. The van der Waals surface area contributed by atoms with Gasteiger partial charge >= 0.3 is 0 Å². The Morgan fingerprint density at radius 1 is 1.35 bits per heavy atom. The van der Waals surface area contributed by atoms with Crippen LogP contribution in [0.1, 0.15) is 5.56 Å². The molecule has 0 aliphatic rings. The van der Waals surface area contributed by atoms with Crippen molar-refractivity contribution in [3.63, 3.8) is 0 Å². The van der Waals surface area contributed by atoms with Crippen LogP contribution in [0.15, 0.2) is 24.3 Å². The van der Waals surface area contributed by atoms with Gasteiger partial charge in [0.2, 0.25) is 10.0 Å². The molecule has 17 heavy (non-hydrogen) atoms. The van der Waals surface area contributed by atoms with Crippen LogP contribution in [-0.4, -0.2) is 33.9 Å². The fourth-order valence-corrected chi connectivity index (χ4v) is 2.22. The van der Waals surface area contributed by atoms with E-state index in [1.54, 1.807) is 18.2 Å². The molecule has 0 amide bonds. The van der Waals surface area contributed by atoms with Crippen molar-refractivity contribution in [1.29, 1.82) is 0 Å². The van der Waals surface area contributed by atoms with Crippen molar-refractivity contribution in [3.8, 4) is 0 Å². The van der Waals surface area contributed by atoms with E-state index < -0.39 is 10.0 Å². The Labute approximate surface area is 102 Å². The van der Waals surface area contributed by atoms with Gasteiger partial charge in [0.05, 0.1) is 19.0 Å². The lowest BCUT2D eigenvalue weighted by molar-refractivity contribution is 0.157. The third-order valence-corrected chi connectivity index (χ3v) is 3.30. The SMILES string of the molecule is Cc1cccc(NS(=O)(=O)CCOCCN)c1. The first-order valence-electron chi connectivity index (χ1n) is 5.38. The number of hydrogen-bond donors (Lipinski definition) is 2. The van der Waals surface area contributed by atoms with E-state index in [0.29, 0.717) is 18.8 Å². The lowest BCUT2D eigenvalue weighted by atomic mass is 10.2. The summed E-state index contributed by atoms with van der Waals surface area (Å²) in [6.45, 7) is 2.83. The fourth-order valence-electron chi connectivity index (χ4n) is 1.29. The first-order valence-corrected chi connectivity index (χ1v) is 7.04. The third kappa shape index (κ3) is 5.67. The summed E-state index contributed by atoms with van der Waals surface area (Å²) in [7, 11) is -3.35. The number of anilines is 1. The highest BCUT2D eigenvalue weighted by Gasteiger charge is 2.09. The van der Waals surface area contributed by atoms with Crippen LogP contribution in [0.5, 0.6) is 0 Å². The summed E-state index contributed by atoms with van der Waals surface area (Å²) < 4.78 is 30.8. The van der Waals surface area contributed by atoms with E-state index in [1.807, 2.05) is 13.0 Å². The molecule has 96 valence electrons. The second-order valence-electron chi connectivity index (χ2n) is 3.69. The van der Waals surface area contributed by atoms with Gasteiger partial charge in [0, 0.05) is 12.2 Å². The second-order valence-corrected chi connectivity index (χ2v) is 5.53. The molecule has 0 radical (unpaired) electrons. The molecule has 3 N–H and O–H groups in total. The largest absolute Gasteiger partial charge is 0.379 e. The average molecular weight is 258 g/mol. The first kappa shape index (κ1) is 14.0. The average Bonchev–Trinajstić information content (AvgIpc) is 2.24. The maximum Gasteiger partial charge on any atom is 0.234 e. The van der Waals surface area contributed by atoms with Crippen molar-refractivity contribution < 1.29 is 13.2 Å². The molecule has 0 aliphatic heterocycles. The Hall–Kier alpha value is -1.11. The number of benzene rings is 1. The van der Waals surface area contributed by atoms with Crippen LogP contribution in [0.4, 0.5) is 5.69 Å². The maximum absolute atomic E-state index is 11.7. The topological polar surface area (TPSA) is 81.4 Å². The molecule has 0 saturated heterocycles. The molecule has 0 saturated carbocycles. The molecule has 6 heteroatoms. The van der Waals surface area contributed by atoms with Gasteiger partial charge < -0.3 is 10.5 Å². The number of hydrogen-bond acceptors (Lipinski definition) is 4. The molecule has 5 nitrogen and oxygen atoms in total. The summed E-state index contributed by atoms with van der Waals surface area (Å²) >= 11 is 0. The van der Waals surface area contributed by atoms with Crippen molar-refractivity contribution in [3.05, 3.63) is 29.8 Å². The molecule has 0 heterocycles. The van der Waals surface area contributed by atoms with Crippen LogP contribution in [-0.2, 0) is 14.8 Å². The Morgan fingerprint density at radius 3 is 2.76 bits per heavy atom. The molecule has 0 aliphatic carbocycles. The molecule has 0 unspecified atom stereocenters. The van der Waals surface area contributed by atoms with Gasteiger partial charge in [-0.25, -0.2) is 8.42 Å². The van der Waals surface area contributed by atoms with Crippen molar-refractivity contribution in [2.45, 2.75) is 6.92 Å². The van der Waals surface area contributed by atoms with Crippen LogP contribution in [0, 0.1) is 6.92 Å². The van der Waals surface area contributed by atoms with Gasteiger partial charge in [-0.05, 0) is 24.6 Å². The molecule has 1 aromatic carbocycles. The summed E-state index contributed by atoms with van der Waals surface area (Å²) in [6, 6.07) is 7.20. The number of nitrogens with two attached hydrogens (primary N) is 1. The molecule has 0 fully saturated rings. The third-order valence-electron chi connectivity index (χ3n) is 2.05. The van der Waals surface area contributed by atoms with Gasteiger partial charge in [-0.15, -0.1) is 0 Å². The highest BCUT2D eigenvalue weighted by Crippen LogP contribution is 2.11. The summed E-state index contributed by atoms with van der Waals surface area (Å²) in [5, 5.41) is 0. The van der Waals surface area contributed by atoms with Gasteiger partial charge in [0.15, 0.2) is 0 Å². The molecule has 1 rings (SSSR count). The van der Waals surface area contributed by atoms with E-state index in [0.717, 1.165) is 5.56 Å². The van der Waals surface area contributed by atoms with Gasteiger partial charge in [-0.2, -0.15) is 0 Å². The number of rotatable bonds is 7. The second kappa shape index (κ2) is 6.58. The molecule has 0 bridgehead atoms. The summed E-state index contributed by atoms with van der Waals surface area (Å²) in [5.41, 5.74) is 6.81. The number of aryl methyl sites for hydroxylation is 1. The highest BCUT2D eigenvalue weighted by molar-refractivity contribution is 7.92. The van der Waals surface area contributed by atoms with E-state index in [9.17, 15) is 8.42 Å². The van der Waals surface area contributed by atoms with E-state index in [-0.39, 0.29) is 12.4 Å². The fraction of sp³-hybridized carbons (Fsp3) is 0.455. The predicted octanol–water partition coefficient (Wildman–Crippen LogP) is 0.712. The molecule has 0 atom stereocenters. The summed E-state index contributed by atoms with van der Waals surface area (Å²) in [6.07, 6.45) is 0. The Balaban J connectivity index is 2.49. The quantitative estimate of drug-likeness (QED) is 0.706. The lowest BCUT2D eigenvalue weighted by Gasteiger charge is -2.08. The minimum Gasteiger partial charge on any atom is -0.379 e. The van der Waals surface area contributed by atoms with E-state index >= 15 is 0 Å². The van der Waals surface area contributed by atoms with Crippen molar-refractivity contribution >= 4 is 15.7 Å². The van der Waals surface area contributed by atoms with E-state index in [4.69, 9.17) is 10.5 Å². The zero-order valence-electron chi connectivity index (χ0n) is 9.85. The summed E-state index contributed by atoms with van der Waals surface area (Å²) in [5.74, 6) is -0.0685. The minimum atomic E-state index is -3.35. The van der Waals surface area contributed by atoms with Crippen molar-refractivity contribution in [2.24, 2.45) is 5.73 Å². The standard InChI is InChI=1S/C11H18N2O3S/c1-10-3-2-4-11(9-10)13-17(14,15)8-7-16-6-5-12/h2-4,9,13H,5-8,12H2,1H3. The first-order chi connectivity index (χ1) is 8.03. The molecule has 0 aromatic heterocycles. The van der Waals surface area contributed by atoms with Crippen molar-refractivity contribution in [1.82, 2.24) is 0 Å². The maximum atomic E-state index is 11.7. The molecule has 1 aromatic rings. The van der Waals surface area contributed by atoms with Gasteiger partial charge in [-0.1, -0.05) is 12.1 Å². The summed E-state index contributed by atoms with van der Waals surface area (Å²) in [4.78, 5) is 0. The number of nitrogens with one attached hydrogen (secondary N) is 1. The Bertz CT molecular complexity index is 446. The smallest absolute Gasteiger partial charge is 0.234 e. The molecule has 0 spiro atoms. The minimum absolute atomic E-state index is 0.0685. The predicted molar refractivity (Wildman–Crippen MR) is 68.5 cm³/mol. The zero-order valence-corrected chi connectivity index (χ0v) is 10.7. The van der Waals surface area contributed by atoms with Crippen LogP contribution in [0.25, 0.3) is 0 Å². The van der Waals surface area contributed by atoms with E-state index in [1.165, 1.54) is 0 Å². The van der Waals surface area contributed by atoms with E-state index in [2.05, 4.69) is 4.72 Å². The number of sulfonamides is 1. The van der Waals surface area contributed by atoms with Crippen LogP contribution in [0.3, 0.4) is 0 Å². The van der Waals surface area contributed by atoms with Gasteiger partial charge in [0.1, 0.15) is 0 Å². The highest BCUT2D eigenvalue weighted by atomic mass is 32.2. The van der Waals surface area contributed by atoms with Crippen LogP contribution >= 0.6 is 0 Å². The van der Waals surface area contributed by atoms with Gasteiger partial charge in [0.25, 0.3) is 0 Å².